The molecule has 1 atom stereocenters. The first kappa shape index (κ1) is 14.9. The van der Waals surface area contributed by atoms with Crippen molar-refractivity contribution in [1.29, 1.82) is 0 Å². The van der Waals surface area contributed by atoms with E-state index in [1.165, 1.54) is 0 Å². The molecule has 0 aliphatic carbocycles. The molecule has 2 N–H and O–H groups in total. The lowest BCUT2D eigenvalue weighted by Crippen LogP contribution is -2.20. The van der Waals surface area contributed by atoms with Gasteiger partial charge in [-0.3, -0.25) is 0 Å². The maximum atomic E-state index is 9.30. The molecule has 1 heterocycles. The first-order valence-corrected chi connectivity index (χ1v) is 6.25. The molecule has 0 spiro atoms. The monoisotopic (exact) mass is 252 g/mol. The van der Waals surface area contributed by atoms with Crippen LogP contribution in [0.25, 0.3) is 0 Å². The van der Waals surface area contributed by atoms with Gasteiger partial charge in [0.25, 0.3) is 0 Å². The summed E-state index contributed by atoms with van der Waals surface area (Å²) in [5.74, 6) is 0.787. The van der Waals surface area contributed by atoms with Gasteiger partial charge < -0.3 is 15.2 Å². The van der Waals surface area contributed by atoms with Crippen LogP contribution in [0.1, 0.15) is 39.0 Å². The van der Waals surface area contributed by atoms with Gasteiger partial charge in [0.2, 0.25) is 0 Å². The molecule has 18 heavy (non-hydrogen) atoms. The number of pyridine rings is 1. The third-order valence-corrected chi connectivity index (χ3v) is 2.81. The van der Waals surface area contributed by atoms with E-state index in [2.05, 4.69) is 31.1 Å². The molecule has 0 bridgehead atoms. The zero-order valence-corrected chi connectivity index (χ0v) is 11.9. The van der Waals surface area contributed by atoms with Gasteiger partial charge in [0.05, 0.1) is 12.7 Å². The van der Waals surface area contributed by atoms with Crippen LogP contribution in [0.3, 0.4) is 0 Å². The van der Waals surface area contributed by atoms with Gasteiger partial charge in [0, 0.05) is 24.8 Å². The van der Waals surface area contributed by atoms with Crippen LogP contribution in [0.2, 0.25) is 0 Å². The second-order valence-electron chi connectivity index (χ2n) is 5.58. The molecule has 0 fully saturated rings. The van der Waals surface area contributed by atoms with Crippen molar-refractivity contribution < 1.29 is 9.84 Å². The van der Waals surface area contributed by atoms with Gasteiger partial charge >= 0.3 is 0 Å². The highest BCUT2D eigenvalue weighted by Gasteiger charge is 2.17. The summed E-state index contributed by atoms with van der Waals surface area (Å²) in [4.78, 5) is 4.58. The SMILES string of the molecule is COC(C)CNc1cc(CO)cc(C(C)(C)C)n1. The minimum Gasteiger partial charge on any atom is -0.392 e. The standard InChI is InChI=1S/C14H24N2O2/c1-10(18-5)8-15-13-7-11(9-17)6-12(16-13)14(2,3)4/h6-7,10,17H,8-9H2,1-5H3,(H,15,16). The minimum atomic E-state index is -0.0333. The van der Waals surface area contributed by atoms with Crippen LogP contribution < -0.4 is 5.32 Å². The van der Waals surface area contributed by atoms with Gasteiger partial charge in [-0.05, 0) is 24.6 Å². The van der Waals surface area contributed by atoms with E-state index in [0.717, 1.165) is 17.1 Å². The average Bonchev–Trinajstić information content (AvgIpc) is 2.34. The van der Waals surface area contributed by atoms with E-state index in [9.17, 15) is 5.11 Å². The lowest BCUT2D eigenvalue weighted by molar-refractivity contribution is 0.128. The molecule has 0 amide bonds. The lowest BCUT2D eigenvalue weighted by Gasteiger charge is -2.20. The zero-order chi connectivity index (χ0) is 13.8. The molecule has 0 radical (unpaired) electrons. The van der Waals surface area contributed by atoms with Crippen molar-refractivity contribution in [2.75, 3.05) is 19.0 Å². The van der Waals surface area contributed by atoms with E-state index in [1.54, 1.807) is 7.11 Å². The first-order chi connectivity index (χ1) is 8.36. The second-order valence-corrected chi connectivity index (χ2v) is 5.58. The summed E-state index contributed by atoms with van der Waals surface area (Å²) in [6.45, 7) is 9.05. The highest BCUT2D eigenvalue weighted by Crippen LogP contribution is 2.23. The van der Waals surface area contributed by atoms with Crippen molar-refractivity contribution in [1.82, 2.24) is 4.98 Å². The average molecular weight is 252 g/mol. The summed E-state index contributed by atoms with van der Waals surface area (Å²) >= 11 is 0. The molecule has 1 aromatic heterocycles. The number of methoxy groups -OCH3 is 1. The Bertz CT molecular complexity index is 386. The molecule has 1 aromatic rings. The fourth-order valence-corrected chi connectivity index (χ4v) is 1.48. The topological polar surface area (TPSA) is 54.4 Å². The van der Waals surface area contributed by atoms with E-state index < -0.39 is 0 Å². The third-order valence-electron chi connectivity index (χ3n) is 2.81. The van der Waals surface area contributed by atoms with Crippen molar-refractivity contribution in [2.24, 2.45) is 0 Å². The number of aliphatic hydroxyl groups is 1. The Morgan fingerprint density at radius 1 is 1.39 bits per heavy atom. The highest BCUT2D eigenvalue weighted by molar-refractivity contribution is 5.41. The van der Waals surface area contributed by atoms with E-state index in [0.29, 0.717) is 6.54 Å². The smallest absolute Gasteiger partial charge is 0.126 e. The molecule has 0 saturated carbocycles. The first-order valence-electron chi connectivity index (χ1n) is 6.25. The minimum absolute atomic E-state index is 0.0279. The molecule has 4 nitrogen and oxygen atoms in total. The summed E-state index contributed by atoms with van der Waals surface area (Å²) in [6, 6.07) is 3.82. The van der Waals surface area contributed by atoms with Gasteiger partial charge in [-0.2, -0.15) is 0 Å². The van der Waals surface area contributed by atoms with Gasteiger partial charge in [0.1, 0.15) is 5.82 Å². The Morgan fingerprint density at radius 2 is 2.06 bits per heavy atom. The molecular formula is C14H24N2O2. The molecule has 0 aliphatic heterocycles. The molecular weight excluding hydrogens is 228 g/mol. The zero-order valence-electron chi connectivity index (χ0n) is 11.9. The van der Waals surface area contributed by atoms with Gasteiger partial charge in [0.15, 0.2) is 0 Å². The predicted octanol–water partition coefficient (Wildman–Crippen LogP) is 2.32. The fourth-order valence-electron chi connectivity index (χ4n) is 1.48. The van der Waals surface area contributed by atoms with E-state index in [1.807, 2.05) is 19.1 Å². The van der Waals surface area contributed by atoms with Crippen molar-refractivity contribution in [3.63, 3.8) is 0 Å². The Kier molecular flexibility index (Phi) is 5.11. The number of rotatable bonds is 5. The number of anilines is 1. The number of nitrogens with one attached hydrogen (secondary N) is 1. The third kappa shape index (κ3) is 4.27. The number of aromatic nitrogens is 1. The van der Waals surface area contributed by atoms with Crippen molar-refractivity contribution >= 4 is 5.82 Å². The Balaban J connectivity index is 2.91. The van der Waals surface area contributed by atoms with Crippen LogP contribution in [-0.2, 0) is 16.8 Å². The van der Waals surface area contributed by atoms with Crippen LogP contribution in [0.15, 0.2) is 12.1 Å². The van der Waals surface area contributed by atoms with E-state index in [4.69, 9.17) is 4.74 Å². The second kappa shape index (κ2) is 6.16. The molecule has 0 saturated heterocycles. The lowest BCUT2D eigenvalue weighted by atomic mass is 9.91. The number of hydrogen-bond acceptors (Lipinski definition) is 4. The molecule has 4 heteroatoms. The van der Waals surface area contributed by atoms with Crippen LogP contribution >= 0.6 is 0 Å². The Morgan fingerprint density at radius 3 is 2.56 bits per heavy atom. The normalized spacial score (nSPS) is 13.4. The Hall–Kier alpha value is -1.13. The summed E-state index contributed by atoms with van der Waals surface area (Å²) in [7, 11) is 1.69. The maximum absolute atomic E-state index is 9.30. The van der Waals surface area contributed by atoms with Gasteiger partial charge in [-0.1, -0.05) is 20.8 Å². The van der Waals surface area contributed by atoms with Crippen molar-refractivity contribution in [3.8, 4) is 0 Å². The number of nitrogens with zero attached hydrogens (tertiary/aromatic N) is 1. The number of hydrogen-bond donors (Lipinski definition) is 2. The molecule has 102 valence electrons. The highest BCUT2D eigenvalue weighted by atomic mass is 16.5. The van der Waals surface area contributed by atoms with Gasteiger partial charge in [-0.15, -0.1) is 0 Å². The quantitative estimate of drug-likeness (QED) is 0.844. The molecule has 1 rings (SSSR count). The van der Waals surface area contributed by atoms with Crippen LogP contribution in [0.5, 0.6) is 0 Å². The summed E-state index contributed by atoms with van der Waals surface area (Å²) in [5.41, 5.74) is 1.82. The predicted molar refractivity (Wildman–Crippen MR) is 73.8 cm³/mol. The van der Waals surface area contributed by atoms with E-state index >= 15 is 0 Å². The molecule has 1 unspecified atom stereocenters. The largest absolute Gasteiger partial charge is 0.392 e. The summed E-state index contributed by atoms with van der Waals surface area (Å²) < 4.78 is 5.19. The summed E-state index contributed by atoms with van der Waals surface area (Å²) in [6.07, 6.45) is 0.127. The van der Waals surface area contributed by atoms with Crippen molar-refractivity contribution in [2.45, 2.75) is 45.8 Å². The molecule has 0 aromatic carbocycles. The van der Waals surface area contributed by atoms with E-state index in [-0.39, 0.29) is 18.1 Å². The fraction of sp³-hybridized carbons (Fsp3) is 0.643. The number of ether oxygens (including phenoxy) is 1. The number of aliphatic hydroxyl groups excluding tert-OH is 1. The van der Waals surface area contributed by atoms with Crippen LogP contribution in [0.4, 0.5) is 5.82 Å². The van der Waals surface area contributed by atoms with Gasteiger partial charge in [-0.25, -0.2) is 4.98 Å². The maximum Gasteiger partial charge on any atom is 0.126 e. The molecule has 0 aliphatic rings. The van der Waals surface area contributed by atoms with Crippen molar-refractivity contribution in [3.05, 3.63) is 23.4 Å². The Labute approximate surface area is 109 Å². The van der Waals surface area contributed by atoms with Crippen LogP contribution in [-0.4, -0.2) is 29.8 Å². The summed E-state index contributed by atoms with van der Waals surface area (Å²) in [5, 5.41) is 12.5. The van der Waals surface area contributed by atoms with Crippen LogP contribution in [0, 0.1) is 0 Å².